The van der Waals surface area contributed by atoms with Crippen LogP contribution in [0, 0.1) is 11.2 Å². The SMILES string of the molecule is CN=C(NCc1ccc(F)c(CN(C)C)c1)N1CCC2(CCC2)C1. The highest BCUT2D eigenvalue weighted by Gasteiger charge is 2.43. The Balaban J connectivity index is 1.60. The Bertz CT molecular complexity index is 607. The van der Waals surface area contributed by atoms with Crippen LogP contribution >= 0.6 is 0 Å². The molecule has 1 aromatic carbocycles. The standard InChI is InChI=1S/C19H29FN4/c1-21-18(24-10-9-19(14-24)7-4-8-19)22-12-15-5-6-17(20)16(11-15)13-23(2)3/h5-6,11H,4,7-10,12-14H2,1-3H3,(H,21,22). The van der Waals surface area contributed by atoms with Gasteiger partial charge in [0.1, 0.15) is 5.82 Å². The molecule has 0 aromatic heterocycles. The molecule has 5 heteroatoms. The molecule has 4 nitrogen and oxygen atoms in total. The highest BCUT2D eigenvalue weighted by Crippen LogP contribution is 2.47. The van der Waals surface area contributed by atoms with Gasteiger partial charge in [-0.2, -0.15) is 0 Å². The third kappa shape index (κ3) is 3.72. The van der Waals surface area contributed by atoms with E-state index in [1.165, 1.54) is 25.7 Å². The van der Waals surface area contributed by atoms with Crippen molar-refractivity contribution in [1.29, 1.82) is 0 Å². The molecule has 0 radical (unpaired) electrons. The van der Waals surface area contributed by atoms with Crippen LogP contribution in [0.4, 0.5) is 4.39 Å². The molecule has 0 atom stereocenters. The lowest BCUT2D eigenvalue weighted by molar-refractivity contribution is 0.151. The van der Waals surface area contributed by atoms with Crippen molar-refractivity contribution in [3.63, 3.8) is 0 Å². The van der Waals surface area contributed by atoms with E-state index in [9.17, 15) is 4.39 Å². The lowest BCUT2D eigenvalue weighted by atomic mass is 9.68. The monoisotopic (exact) mass is 332 g/mol. The summed E-state index contributed by atoms with van der Waals surface area (Å²) in [6, 6.07) is 5.37. The van der Waals surface area contributed by atoms with Crippen LogP contribution in [0.3, 0.4) is 0 Å². The third-order valence-electron chi connectivity index (χ3n) is 5.41. The number of nitrogens with zero attached hydrogens (tertiary/aromatic N) is 3. The van der Waals surface area contributed by atoms with Crippen LogP contribution in [0.1, 0.15) is 36.8 Å². The maximum Gasteiger partial charge on any atom is 0.193 e. The van der Waals surface area contributed by atoms with Crippen molar-refractivity contribution in [1.82, 2.24) is 15.1 Å². The highest BCUT2D eigenvalue weighted by molar-refractivity contribution is 5.80. The van der Waals surface area contributed by atoms with Crippen molar-refractivity contribution in [2.24, 2.45) is 10.4 Å². The maximum absolute atomic E-state index is 13.9. The second-order valence-electron chi connectivity index (χ2n) is 7.59. The zero-order chi connectivity index (χ0) is 17.2. The van der Waals surface area contributed by atoms with Crippen LogP contribution in [-0.2, 0) is 13.1 Å². The Kier molecular flexibility index (Phi) is 5.09. The zero-order valence-corrected chi connectivity index (χ0v) is 15.1. The molecule has 0 bridgehead atoms. The number of benzene rings is 1. The fourth-order valence-electron chi connectivity index (χ4n) is 3.91. The number of rotatable bonds is 4. The average Bonchev–Trinajstić information content (AvgIpc) is 2.96. The van der Waals surface area contributed by atoms with Crippen LogP contribution < -0.4 is 5.32 Å². The highest BCUT2D eigenvalue weighted by atomic mass is 19.1. The predicted octanol–water partition coefficient (Wildman–Crippen LogP) is 2.84. The van der Waals surface area contributed by atoms with Crippen LogP contribution in [0.15, 0.2) is 23.2 Å². The Hall–Kier alpha value is -1.62. The summed E-state index contributed by atoms with van der Waals surface area (Å²) in [5.74, 6) is 0.834. The van der Waals surface area contributed by atoms with Gasteiger partial charge < -0.3 is 15.1 Å². The fourth-order valence-corrected chi connectivity index (χ4v) is 3.91. The van der Waals surface area contributed by atoms with Gasteiger partial charge in [0.2, 0.25) is 0 Å². The first-order chi connectivity index (χ1) is 11.5. The lowest BCUT2D eigenvalue weighted by Gasteiger charge is -2.38. The number of guanidine groups is 1. The Morgan fingerprint density at radius 1 is 1.33 bits per heavy atom. The summed E-state index contributed by atoms with van der Waals surface area (Å²) in [4.78, 5) is 8.81. The summed E-state index contributed by atoms with van der Waals surface area (Å²) in [6.07, 6.45) is 5.40. The van der Waals surface area contributed by atoms with Crippen molar-refractivity contribution in [2.45, 2.75) is 38.8 Å². The van der Waals surface area contributed by atoms with E-state index in [0.29, 0.717) is 18.5 Å². The van der Waals surface area contributed by atoms with Crippen LogP contribution in [-0.4, -0.2) is 50.0 Å². The van der Waals surface area contributed by atoms with Crippen molar-refractivity contribution in [2.75, 3.05) is 34.2 Å². The van der Waals surface area contributed by atoms with Crippen LogP contribution in [0.5, 0.6) is 0 Å². The predicted molar refractivity (Wildman–Crippen MR) is 96.5 cm³/mol. The molecule has 1 aliphatic heterocycles. The van der Waals surface area contributed by atoms with Gasteiger partial charge in [-0.1, -0.05) is 12.5 Å². The average molecular weight is 332 g/mol. The van der Waals surface area contributed by atoms with E-state index >= 15 is 0 Å². The van der Waals surface area contributed by atoms with Gasteiger partial charge in [-0.05, 0) is 56.5 Å². The molecule has 2 fully saturated rings. The minimum Gasteiger partial charge on any atom is -0.352 e. The molecule has 1 aromatic rings. The number of likely N-dealkylation sites (tertiary alicyclic amines) is 1. The smallest absolute Gasteiger partial charge is 0.193 e. The summed E-state index contributed by atoms with van der Waals surface area (Å²) in [6.45, 7) is 3.51. The molecule has 132 valence electrons. The lowest BCUT2D eigenvalue weighted by Crippen LogP contribution is -2.42. The quantitative estimate of drug-likeness (QED) is 0.679. The summed E-state index contributed by atoms with van der Waals surface area (Å²) < 4.78 is 13.9. The molecule has 1 spiro atoms. The molecule has 1 saturated heterocycles. The van der Waals surface area contributed by atoms with Gasteiger partial charge in [-0.15, -0.1) is 0 Å². The Morgan fingerprint density at radius 2 is 2.12 bits per heavy atom. The number of hydrogen-bond donors (Lipinski definition) is 1. The van der Waals surface area contributed by atoms with E-state index in [0.717, 1.165) is 30.2 Å². The summed E-state index contributed by atoms with van der Waals surface area (Å²) >= 11 is 0. The fraction of sp³-hybridized carbons (Fsp3) is 0.632. The van der Waals surface area contributed by atoms with Crippen molar-refractivity contribution < 1.29 is 4.39 Å². The normalized spacial score (nSPS) is 19.9. The van der Waals surface area contributed by atoms with Crippen LogP contribution in [0.2, 0.25) is 0 Å². The van der Waals surface area contributed by atoms with E-state index in [4.69, 9.17) is 0 Å². The number of nitrogens with one attached hydrogen (secondary N) is 1. The van der Waals surface area contributed by atoms with Gasteiger partial charge in [0.05, 0.1) is 0 Å². The largest absolute Gasteiger partial charge is 0.352 e. The zero-order valence-electron chi connectivity index (χ0n) is 15.1. The van der Waals surface area contributed by atoms with Crippen molar-refractivity contribution in [3.05, 3.63) is 35.1 Å². The van der Waals surface area contributed by atoms with E-state index in [-0.39, 0.29) is 5.82 Å². The molecule has 1 saturated carbocycles. The minimum atomic E-state index is -0.136. The number of hydrogen-bond acceptors (Lipinski definition) is 2. The van der Waals surface area contributed by atoms with Crippen LogP contribution in [0.25, 0.3) is 0 Å². The summed E-state index contributed by atoms with van der Waals surface area (Å²) in [7, 11) is 5.75. The van der Waals surface area contributed by atoms with Crippen molar-refractivity contribution in [3.8, 4) is 0 Å². The molecule has 0 unspecified atom stereocenters. The molecule has 24 heavy (non-hydrogen) atoms. The first kappa shape index (κ1) is 17.2. The second kappa shape index (κ2) is 7.09. The molecular weight excluding hydrogens is 303 g/mol. The number of aliphatic imine (C=N–C) groups is 1. The number of halogens is 1. The topological polar surface area (TPSA) is 30.9 Å². The molecule has 0 amide bonds. The first-order valence-corrected chi connectivity index (χ1v) is 8.89. The van der Waals surface area contributed by atoms with E-state index in [2.05, 4.69) is 15.2 Å². The summed E-state index contributed by atoms with van der Waals surface area (Å²) in [5.41, 5.74) is 2.39. The van der Waals surface area contributed by atoms with E-state index < -0.39 is 0 Å². The Morgan fingerprint density at radius 3 is 2.71 bits per heavy atom. The van der Waals surface area contributed by atoms with E-state index in [1.54, 1.807) is 6.07 Å². The molecule has 2 aliphatic rings. The van der Waals surface area contributed by atoms with Gasteiger partial charge in [-0.25, -0.2) is 4.39 Å². The summed E-state index contributed by atoms with van der Waals surface area (Å²) in [5, 5.41) is 3.45. The van der Waals surface area contributed by atoms with Gasteiger partial charge in [0.25, 0.3) is 0 Å². The maximum atomic E-state index is 13.9. The van der Waals surface area contributed by atoms with Gasteiger partial charge in [-0.3, -0.25) is 4.99 Å². The Labute approximate surface area is 144 Å². The second-order valence-corrected chi connectivity index (χ2v) is 7.59. The van der Waals surface area contributed by atoms with Gasteiger partial charge >= 0.3 is 0 Å². The first-order valence-electron chi connectivity index (χ1n) is 8.89. The van der Waals surface area contributed by atoms with E-state index in [1.807, 2.05) is 38.2 Å². The van der Waals surface area contributed by atoms with Gasteiger partial charge in [0, 0.05) is 38.8 Å². The van der Waals surface area contributed by atoms with Crippen molar-refractivity contribution >= 4 is 5.96 Å². The molecular formula is C19H29FN4. The minimum absolute atomic E-state index is 0.136. The molecule has 3 rings (SSSR count). The van der Waals surface area contributed by atoms with Gasteiger partial charge in [0.15, 0.2) is 5.96 Å². The third-order valence-corrected chi connectivity index (χ3v) is 5.41. The molecule has 1 N–H and O–H groups in total. The molecule has 1 aliphatic carbocycles. The molecule has 1 heterocycles.